The molecule has 2 atom stereocenters. The Bertz CT molecular complexity index is 578. The zero-order chi connectivity index (χ0) is 18.8. The number of carboxylic acid groups (broad SMARTS) is 1. The number of carboxylic acids is 1. The fourth-order valence-electron chi connectivity index (χ4n) is 2.88. The van der Waals surface area contributed by atoms with Crippen LogP contribution in [0.25, 0.3) is 0 Å². The molecule has 2 N–H and O–H groups in total. The average Bonchev–Trinajstić information content (AvgIpc) is 2.54. The second-order valence-electron chi connectivity index (χ2n) is 6.51. The van der Waals surface area contributed by atoms with Crippen LogP contribution in [0, 0.1) is 5.92 Å². The summed E-state index contributed by atoms with van der Waals surface area (Å²) < 4.78 is 5.69. The number of hydrogen-bond donors (Lipinski definition) is 2. The first-order valence-electron chi connectivity index (χ1n) is 8.79. The van der Waals surface area contributed by atoms with E-state index >= 15 is 0 Å². The zero-order valence-electron chi connectivity index (χ0n) is 15.5. The van der Waals surface area contributed by atoms with Crippen LogP contribution in [0.3, 0.4) is 0 Å². The first-order valence-corrected chi connectivity index (χ1v) is 8.79. The van der Waals surface area contributed by atoms with Gasteiger partial charge in [0.25, 0.3) is 0 Å². The van der Waals surface area contributed by atoms with E-state index in [2.05, 4.69) is 26.1 Å². The highest BCUT2D eigenvalue weighted by atomic mass is 16.5. The van der Waals surface area contributed by atoms with Gasteiger partial charge in [0.15, 0.2) is 0 Å². The van der Waals surface area contributed by atoms with Crippen molar-refractivity contribution >= 4 is 11.9 Å². The molecule has 5 heteroatoms. The lowest BCUT2D eigenvalue weighted by atomic mass is 9.83. The van der Waals surface area contributed by atoms with Gasteiger partial charge in [-0.1, -0.05) is 39.3 Å². The minimum atomic E-state index is -1.14. The van der Waals surface area contributed by atoms with Crippen molar-refractivity contribution in [3.05, 3.63) is 42.0 Å². The van der Waals surface area contributed by atoms with E-state index < -0.39 is 11.9 Å². The number of aliphatic carboxylic acids is 1. The molecule has 1 aromatic carbocycles. The molecule has 0 aliphatic carbocycles. The number of amides is 1. The number of benzene rings is 1. The Kier molecular flexibility index (Phi) is 8.75. The maximum absolute atomic E-state index is 11.8. The third-order valence-electron chi connectivity index (χ3n) is 4.04. The molecule has 0 radical (unpaired) electrons. The summed E-state index contributed by atoms with van der Waals surface area (Å²) in [6.45, 7) is 8.98. The van der Waals surface area contributed by atoms with Crippen molar-refractivity contribution in [2.24, 2.45) is 5.92 Å². The van der Waals surface area contributed by atoms with Crippen LogP contribution in [0.1, 0.15) is 52.0 Å². The Morgan fingerprint density at radius 3 is 2.32 bits per heavy atom. The van der Waals surface area contributed by atoms with E-state index in [1.54, 1.807) is 0 Å². The molecule has 0 aliphatic rings. The van der Waals surface area contributed by atoms with Crippen LogP contribution in [0.2, 0.25) is 0 Å². The molecule has 0 saturated carbocycles. The van der Waals surface area contributed by atoms with Crippen molar-refractivity contribution in [1.82, 2.24) is 5.32 Å². The van der Waals surface area contributed by atoms with Gasteiger partial charge >= 0.3 is 5.97 Å². The Morgan fingerprint density at radius 2 is 1.80 bits per heavy atom. The summed E-state index contributed by atoms with van der Waals surface area (Å²) in [5, 5.41) is 11.4. The fraction of sp³-hybridized carbons (Fsp3) is 0.500. The molecular weight excluding hydrogens is 318 g/mol. The van der Waals surface area contributed by atoms with Crippen molar-refractivity contribution in [3.8, 4) is 5.75 Å². The Balaban J connectivity index is 2.78. The highest BCUT2D eigenvalue weighted by Gasteiger charge is 2.23. The van der Waals surface area contributed by atoms with Gasteiger partial charge in [-0.25, -0.2) is 4.79 Å². The molecule has 5 nitrogen and oxygen atoms in total. The lowest BCUT2D eigenvalue weighted by Gasteiger charge is -2.28. The average molecular weight is 347 g/mol. The summed E-state index contributed by atoms with van der Waals surface area (Å²) in [5.74, 6) is -0.264. The molecule has 0 bridgehead atoms. The van der Waals surface area contributed by atoms with Crippen molar-refractivity contribution < 1.29 is 19.4 Å². The maximum Gasteiger partial charge on any atom is 0.328 e. The number of nitrogens with one attached hydrogen (secondary N) is 1. The first kappa shape index (κ1) is 20.7. The summed E-state index contributed by atoms with van der Waals surface area (Å²) in [5.41, 5.74) is 1.12. The third kappa shape index (κ3) is 7.42. The summed E-state index contributed by atoms with van der Waals surface area (Å²) in [6.07, 6.45) is 4.01. The van der Waals surface area contributed by atoms with E-state index in [0.29, 0.717) is 12.5 Å². The predicted octanol–water partition coefficient (Wildman–Crippen LogP) is 3.75. The summed E-state index contributed by atoms with van der Waals surface area (Å²) in [6, 6.07) is 7.85. The largest absolute Gasteiger partial charge is 0.494 e. The van der Waals surface area contributed by atoms with E-state index in [4.69, 9.17) is 9.84 Å². The molecule has 0 heterocycles. The SMILES string of the molecule is CCCCOc1ccc([C@H](C(C)C)[C@@H](C)NC(=O)/C=C/C(=O)O)cc1. The minimum Gasteiger partial charge on any atom is -0.494 e. The summed E-state index contributed by atoms with van der Waals surface area (Å²) >= 11 is 0. The molecule has 0 aromatic heterocycles. The molecule has 138 valence electrons. The van der Waals surface area contributed by atoms with Crippen molar-refractivity contribution in [2.45, 2.75) is 52.5 Å². The van der Waals surface area contributed by atoms with Crippen LogP contribution in [-0.2, 0) is 9.59 Å². The Hall–Kier alpha value is -2.30. The highest BCUT2D eigenvalue weighted by molar-refractivity contribution is 5.94. The van der Waals surface area contributed by atoms with Crippen LogP contribution < -0.4 is 10.1 Å². The Labute approximate surface area is 150 Å². The number of carbonyl (C=O) groups excluding carboxylic acids is 1. The number of hydrogen-bond acceptors (Lipinski definition) is 3. The first-order chi connectivity index (χ1) is 11.8. The van der Waals surface area contributed by atoms with Crippen molar-refractivity contribution in [2.75, 3.05) is 6.61 Å². The van der Waals surface area contributed by atoms with Crippen LogP contribution in [0.5, 0.6) is 5.75 Å². The maximum atomic E-state index is 11.8. The van der Waals surface area contributed by atoms with Crippen LogP contribution >= 0.6 is 0 Å². The number of rotatable bonds is 10. The van der Waals surface area contributed by atoms with Gasteiger partial charge in [0.1, 0.15) is 5.75 Å². The topological polar surface area (TPSA) is 75.6 Å². The van der Waals surface area contributed by atoms with Gasteiger partial charge in [0, 0.05) is 24.1 Å². The second kappa shape index (κ2) is 10.5. The van der Waals surface area contributed by atoms with Gasteiger partial charge in [-0.05, 0) is 37.0 Å². The van der Waals surface area contributed by atoms with Crippen molar-refractivity contribution in [3.63, 3.8) is 0 Å². The normalized spacial score (nSPS) is 13.6. The fourth-order valence-corrected chi connectivity index (χ4v) is 2.88. The number of ether oxygens (including phenoxy) is 1. The van der Waals surface area contributed by atoms with Crippen molar-refractivity contribution in [1.29, 1.82) is 0 Å². The van der Waals surface area contributed by atoms with Gasteiger partial charge in [-0.15, -0.1) is 0 Å². The summed E-state index contributed by atoms with van der Waals surface area (Å²) in [4.78, 5) is 22.3. The van der Waals surface area contributed by atoms with E-state index in [0.717, 1.165) is 36.3 Å². The second-order valence-corrected chi connectivity index (χ2v) is 6.51. The molecule has 1 aromatic rings. The zero-order valence-corrected chi connectivity index (χ0v) is 15.5. The van der Waals surface area contributed by atoms with Gasteiger partial charge in [0.2, 0.25) is 5.91 Å². The molecule has 1 amide bonds. The third-order valence-corrected chi connectivity index (χ3v) is 4.04. The van der Waals surface area contributed by atoms with Gasteiger partial charge in [-0.3, -0.25) is 4.79 Å². The van der Waals surface area contributed by atoms with Crippen LogP contribution in [0.4, 0.5) is 0 Å². The number of carbonyl (C=O) groups is 2. The van der Waals surface area contributed by atoms with E-state index in [-0.39, 0.29) is 12.0 Å². The predicted molar refractivity (Wildman–Crippen MR) is 98.8 cm³/mol. The molecule has 0 aliphatic heterocycles. The van der Waals surface area contributed by atoms with E-state index in [9.17, 15) is 9.59 Å². The van der Waals surface area contributed by atoms with Gasteiger partial charge in [0.05, 0.1) is 6.61 Å². The van der Waals surface area contributed by atoms with E-state index in [1.165, 1.54) is 0 Å². The lowest BCUT2D eigenvalue weighted by Crippen LogP contribution is -2.38. The molecule has 1 rings (SSSR count). The quantitative estimate of drug-likeness (QED) is 0.499. The Morgan fingerprint density at radius 1 is 1.16 bits per heavy atom. The van der Waals surface area contributed by atoms with Crippen LogP contribution in [0.15, 0.2) is 36.4 Å². The van der Waals surface area contributed by atoms with E-state index in [1.807, 2.05) is 31.2 Å². The molecular formula is C20H29NO4. The monoisotopic (exact) mass is 347 g/mol. The molecule has 0 unspecified atom stereocenters. The molecule has 0 spiro atoms. The number of unbranched alkanes of at least 4 members (excludes halogenated alkanes) is 1. The molecule has 25 heavy (non-hydrogen) atoms. The highest BCUT2D eigenvalue weighted by Crippen LogP contribution is 2.29. The van der Waals surface area contributed by atoms with Crippen LogP contribution in [-0.4, -0.2) is 29.6 Å². The minimum absolute atomic E-state index is 0.117. The van der Waals surface area contributed by atoms with Gasteiger partial charge in [-0.2, -0.15) is 0 Å². The molecule has 0 fully saturated rings. The standard InChI is InChI=1S/C20H29NO4/c1-5-6-13-25-17-9-7-16(8-10-17)20(14(2)3)15(4)21-18(22)11-12-19(23)24/h7-12,14-15,20H,5-6,13H2,1-4H3,(H,21,22)(H,23,24)/b12-11+/t15-,20-/m1/s1. The summed E-state index contributed by atoms with van der Waals surface area (Å²) in [7, 11) is 0. The molecule has 0 saturated heterocycles. The van der Waals surface area contributed by atoms with Gasteiger partial charge < -0.3 is 15.2 Å². The smallest absolute Gasteiger partial charge is 0.328 e. The lowest BCUT2D eigenvalue weighted by molar-refractivity contribution is -0.131.